The minimum absolute atomic E-state index is 0.0252. The molecular formula is C23H30N4O6. The number of benzene rings is 1. The molecule has 0 saturated carbocycles. The number of carbonyl (C=O) groups excluding carboxylic acids is 2. The highest BCUT2D eigenvalue weighted by atomic mass is 16.5. The third-order valence-electron chi connectivity index (χ3n) is 4.97. The molecule has 0 aliphatic rings. The maximum Gasteiger partial charge on any atom is 0.408 e. The van der Waals surface area contributed by atoms with E-state index in [1.807, 2.05) is 12.1 Å². The van der Waals surface area contributed by atoms with Crippen molar-refractivity contribution in [1.82, 2.24) is 15.4 Å². The summed E-state index contributed by atoms with van der Waals surface area (Å²) in [6.07, 6.45) is 1.41. The van der Waals surface area contributed by atoms with Crippen molar-refractivity contribution >= 4 is 23.6 Å². The van der Waals surface area contributed by atoms with Gasteiger partial charge in [0.2, 0.25) is 11.8 Å². The molecular weight excluding hydrogens is 428 g/mol. The molecule has 0 aliphatic heterocycles. The fourth-order valence-corrected chi connectivity index (χ4v) is 3.41. The lowest BCUT2D eigenvalue weighted by atomic mass is 9.99. The molecule has 5 N–H and O–H groups in total. The van der Waals surface area contributed by atoms with E-state index in [0.29, 0.717) is 24.2 Å². The number of amides is 3. The number of hydroxylamine groups is 1. The van der Waals surface area contributed by atoms with Crippen molar-refractivity contribution in [2.24, 2.45) is 0 Å². The SMILES string of the molecule is CC(C)(C)N(C(=O)O)C(Cc1ccc(O)cn1)C(=O)Nc1ccc(CCCC(=O)NO)cc1. The van der Waals surface area contributed by atoms with Crippen LogP contribution in [0.4, 0.5) is 10.5 Å². The van der Waals surface area contributed by atoms with E-state index in [0.717, 1.165) is 10.5 Å². The van der Waals surface area contributed by atoms with Crippen LogP contribution in [-0.4, -0.2) is 54.8 Å². The van der Waals surface area contributed by atoms with Gasteiger partial charge < -0.3 is 15.5 Å². The molecule has 0 fully saturated rings. The highest BCUT2D eigenvalue weighted by Gasteiger charge is 2.37. The van der Waals surface area contributed by atoms with E-state index in [9.17, 15) is 24.6 Å². The molecule has 0 spiro atoms. The predicted octanol–water partition coefficient (Wildman–Crippen LogP) is 2.94. The van der Waals surface area contributed by atoms with Crippen LogP contribution in [0.1, 0.15) is 44.9 Å². The van der Waals surface area contributed by atoms with E-state index in [1.165, 1.54) is 12.3 Å². The molecule has 1 aromatic carbocycles. The molecule has 0 aliphatic carbocycles. The van der Waals surface area contributed by atoms with Gasteiger partial charge in [0.25, 0.3) is 0 Å². The predicted molar refractivity (Wildman–Crippen MR) is 121 cm³/mol. The standard InChI is InChI=1S/C23H30N4O6/c1-23(2,3)27(22(31)32)19(13-17-11-12-18(28)14-24-17)21(30)25-16-9-7-15(8-10-16)5-4-6-20(29)26-33/h7-12,14,19,28,33H,4-6,13H2,1-3H3,(H,25,30)(H,26,29)(H,31,32). The Balaban J connectivity index is 2.17. The van der Waals surface area contributed by atoms with Crippen LogP contribution in [0.2, 0.25) is 0 Å². The Morgan fingerprint density at radius 1 is 1.09 bits per heavy atom. The summed E-state index contributed by atoms with van der Waals surface area (Å²) in [6.45, 7) is 5.12. The fraction of sp³-hybridized carbons (Fsp3) is 0.391. The summed E-state index contributed by atoms with van der Waals surface area (Å²) in [6, 6.07) is 8.95. The third-order valence-corrected chi connectivity index (χ3v) is 4.97. The molecule has 0 saturated heterocycles. The summed E-state index contributed by atoms with van der Waals surface area (Å²) in [7, 11) is 0. The van der Waals surface area contributed by atoms with Crippen LogP contribution in [-0.2, 0) is 22.4 Å². The van der Waals surface area contributed by atoms with Gasteiger partial charge in [-0.2, -0.15) is 0 Å². The average molecular weight is 459 g/mol. The monoisotopic (exact) mass is 458 g/mol. The number of hydrogen-bond donors (Lipinski definition) is 5. The van der Waals surface area contributed by atoms with Crippen molar-refractivity contribution in [2.45, 2.75) is 58.0 Å². The second-order valence-corrected chi connectivity index (χ2v) is 8.63. The lowest BCUT2D eigenvalue weighted by Crippen LogP contribution is -2.56. The highest BCUT2D eigenvalue weighted by molar-refractivity contribution is 5.96. The first-order valence-electron chi connectivity index (χ1n) is 10.5. The minimum atomic E-state index is -1.23. The number of nitrogens with zero attached hydrogens (tertiary/aromatic N) is 2. The lowest BCUT2D eigenvalue weighted by molar-refractivity contribution is -0.129. The van der Waals surface area contributed by atoms with Crippen molar-refractivity contribution in [3.8, 4) is 5.75 Å². The molecule has 10 heteroatoms. The topological polar surface area (TPSA) is 152 Å². The van der Waals surface area contributed by atoms with Crippen LogP contribution >= 0.6 is 0 Å². The number of aromatic nitrogens is 1. The molecule has 2 rings (SSSR count). The first-order chi connectivity index (χ1) is 15.5. The van der Waals surface area contributed by atoms with Crippen molar-refractivity contribution in [1.29, 1.82) is 0 Å². The Kier molecular flexibility index (Phi) is 8.75. The summed E-state index contributed by atoms with van der Waals surface area (Å²) >= 11 is 0. The number of pyridine rings is 1. The van der Waals surface area contributed by atoms with Gasteiger partial charge in [-0.3, -0.25) is 24.7 Å². The smallest absolute Gasteiger partial charge is 0.408 e. The first-order valence-corrected chi connectivity index (χ1v) is 10.5. The summed E-state index contributed by atoms with van der Waals surface area (Å²) < 4.78 is 0. The molecule has 33 heavy (non-hydrogen) atoms. The van der Waals surface area contributed by atoms with Crippen molar-refractivity contribution < 1.29 is 29.8 Å². The molecule has 0 radical (unpaired) electrons. The minimum Gasteiger partial charge on any atom is -0.506 e. The Labute approximate surface area is 192 Å². The summed E-state index contributed by atoms with van der Waals surface area (Å²) in [4.78, 5) is 41.5. The number of aromatic hydroxyl groups is 1. The van der Waals surface area contributed by atoms with Crippen LogP contribution in [0.25, 0.3) is 0 Å². The van der Waals surface area contributed by atoms with Gasteiger partial charge in [-0.05, 0) is 63.4 Å². The maximum absolute atomic E-state index is 13.2. The van der Waals surface area contributed by atoms with Gasteiger partial charge in [-0.15, -0.1) is 0 Å². The van der Waals surface area contributed by atoms with E-state index in [1.54, 1.807) is 44.5 Å². The van der Waals surface area contributed by atoms with Crippen LogP contribution in [0.5, 0.6) is 5.75 Å². The Hall–Kier alpha value is -3.66. The lowest BCUT2D eigenvalue weighted by Gasteiger charge is -2.38. The van der Waals surface area contributed by atoms with Crippen LogP contribution < -0.4 is 10.8 Å². The summed E-state index contributed by atoms with van der Waals surface area (Å²) in [5, 5.41) is 30.6. The zero-order valence-electron chi connectivity index (χ0n) is 18.9. The molecule has 1 unspecified atom stereocenters. The maximum atomic E-state index is 13.2. The van der Waals surface area contributed by atoms with Gasteiger partial charge in [-0.1, -0.05) is 12.1 Å². The number of carboxylic acid groups (broad SMARTS) is 1. The quantitative estimate of drug-likeness (QED) is 0.286. The zero-order chi connectivity index (χ0) is 24.6. The van der Waals surface area contributed by atoms with Crippen LogP contribution in [0.3, 0.4) is 0 Å². The highest BCUT2D eigenvalue weighted by Crippen LogP contribution is 2.22. The normalized spacial score (nSPS) is 12.0. The van der Waals surface area contributed by atoms with Crippen molar-refractivity contribution in [2.75, 3.05) is 5.32 Å². The number of aryl methyl sites for hydroxylation is 1. The van der Waals surface area contributed by atoms with Gasteiger partial charge in [-0.25, -0.2) is 10.3 Å². The van der Waals surface area contributed by atoms with Crippen LogP contribution in [0.15, 0.2) is 42.6 Å². The second kappa shape index (κ2) is 11.3. The average Bonchev–Trinajstić information content (AvgIpc) is 2.74. The van der Waals surface area contributed by atoms with Crippen molar-refractivity contribution in [3.05, 3.63) is 53.9 Å². The van der Waals surface area contributed by atoms with E-state index >= 15 is 0 Å². The van der Waals surface area contributed by atoms with Gasteiger partial charge in [0.15, 0.2) is 0 Å². The molecule has 0 bridgehead atoms. The van der Waals surface area contributed by atoms with Crippen molar-refractivity contribution in [3.63, 3.8) is 0 Å². The molecule has 2 aromatic rings. The first kappa shape index (κ1) is 25.6. The molecule has 1 atom stereocenters. The molecule has 3 amide bonds. The Morgan fingerprint density at radius 3 is 2.27 bits per heavy atom. The zero-order valence-corrected chi connectivity index (χ0v) is 18.9. The molecule has 10 nitrogen and oxygen atoms in total. The van der Waals surface area contributed by atoms with Gasteiger partial charge >= 0.3 is 6.09 Å². The molecule has 1 aromatic heterocycles. The largest absolute Gasteiger partial charge is 0.506 e. The van der Waals surface area contributed by atoms with Gasteiger partial charge in [0.05, 0.1) is 6.20 Å². The fourth-order valence-electron chi connectivity index (χ4n) is 3.41. The summed E-state index contributed by atoms with van der Waals surface area (Å²) in [5.41, 5.74) is 2.65. The summed E-state index contributed by atoms with van der Waals surface area (Å²) in [5.74, 6) is -0.979. The number of rotatable bonds is 9. The molecule has 1 heterocycles. The number of anilines is 1. The number of hydrogen-bond acceptors (Lipinski definition) is 6. The molecule has 178 valence electrons. The van der Waals surface area contributed by atoms with Gasteiger partial charge in [0, 0.05) is 29.8 Å². The Bertz CT molecular complexity index is 954. The number of nitrogens with one attached hydrogen (secondary N) is 2. The third kappa shape index (κ3) is 7.76. The number of carbonyl (C=O) groups is 3. The second-order valence-electron chi connectivity index (χ2n) is 8.63. The van der Waals surface area contributed by atoms with Crippen LogP contribution in [0, 0.1) is 0 Å². The van der Waals surface area contributed by atoms with E-state index in [2.05, 4.69) is 10.3 Å². The van der Waals surface area contributed by atoms with Gasteiger partial charge in [0.1, 0.15) is 11.8 Å². The Morgan fingerprint density at radius 2 is 1.76 bits per heavy atom. The van der Waals surface area contributed by atoms with E-state index in [-0.39, 0.29) is 18.6 Å². The van der Waals surface area contributed by atoms with E-state index in [4.69, 9.17) is 5.21 Å². The van der Waals surface area contributed by atoms with E-state index < -0.39 is 29.5 Å².